The van der Waals surface area contributed by atoms with E-state index in [-0.39, 0.29) is 27.7 Å². The molecule has 2 rings (SSSR count). The topological polar surface area (TPSA) is 88.1 Å². The predicted octanol–water partition coefficient (Wildman–Crippen LogP) is 0.258. The summed E-state index contributed by atoms with van der Waals surface area (Å²) < 4.78 is 27.5. The van der Waals surface area contributed by atoms with Crippen molar-refractivity contribution < 1.29 is 23.4 Å². The summed E-state index contributed by atoms with van der Waals surface area (Å²) in [5.74, 6) is 2.91. The molecule has 0 amide bonds. The van der Waals surface area contributed by atoms with Crippen LogP contribution in [0.2, 0.25) is 0 Å². The quantitative estimate of drug-likeness (QED) is 0.595. The van der Waals surface area contributed by atoms with Gasteiger partial charge >= 0.3 is 10.1 Å². The Kier molecular flexibility index (Phi) is 2.97. The molecule has 0 spiro atoms. The van der Waals surface area contributed by atoms with Crippen molar-refractivity contribution in [2.75, 3.05) is 5.75 Å². The van der Waals surface area contributed by atoms with Crippen LogP contribution in [-0.4, -0.2) is 24.8 Å². The molecule has 0 aromatic carbocycles. The second-order valence-corrected chi connectivity index (χ2v) is 8.16. The number of carbonyl (C=O) groups is 1. The number of quaternary nitrogens is 1. The zero-order chi connectivity index (χ0) is 13.1. The molecule has 2 aliphatic carbocycles. The van der Waals surface area contributed by atoms with Crippen molar-refractivity contribution >= 4 is 31.8 Å². The van der Waals surface area contributed by atoms with Crippen LogP contribution >= 0.6 is 15.9 Å². The number of hydrogen-bond acceptors (Lipinski definition) is 4. The Hall–Kier alpha value is 0.0200. The van der Waals surface area contributed by atoms with E-state index in [0.29, 0.717) is 6.42 Å². The maximum atomic E-state index is 12.3. The molecule has 3 atom stereocenters. The van der Waals surface area contributed by atoms with E-state index in [4.69, 9.17) is 0 Å². The highest BCUT2D eigenvalue weighted by atomic mass is 79.9. The van der Waals surface area contributed by atoms with Gasteiger partial charge in [0.15, 0.2) is 5.78 Å². The highest BCUT2D eigenvalue weighted by Gasteiger charge is 2.69. The van der Waals surface area contributed by atoms with Gasteiger partial charge in [0.05, 0.1) is 16.0 Å². The van der Waals surface area contributed by atoms with E-state index in [9.17, 15) is 13.2 Å². The van der Waals surface area contributed by atoms with Gasteiger partial charge in [0.1, 0.15) is 0 Å². The number of ketones is 1. The van der Waals surface area contributed by atoms with Crippen LogP contribution in [0.1, 0.15) is 26.7 Å². The lowest BCUT2D eigenvalue weighted by Crippen LogP contribution is -2.54. The van der Waals surface area contributed by atoms with Crippen LogP contribution in [0.5, 0.6) is 0 Å². The van der Waals surface area contributed by atoms with E-state index in [1.165, 1.54) is 0 Å². The molecule has 0 aliphatic heterocycles. The maximum Gasteiger partial charge on any atom is 0.314 e. The lowest BCUT2D eigenvalue weighted by Gasteiger charge is -2.35. The smallest absolute Gasteiger partial charge is 0.298 e. The van der Waals surface area contributed by atoms with Gasteiger partial charge in [-0.1, -0.05) is 34.1 Å². The van der Waals surface area contributed by atoms with E-state index >= 15 is 0 Å². The maximum absolute atomic E-state index is 12.3. The standard InChI is InChI=1S/C10H17BrNO4S/c1-9(2)6-3-4-10(9,8(13)7(6)11)5-17(14,15)16-12/h6-7H,3-5H2,1-2,12H3/q+1. The first-order chi connectivity index (χ1) is 7.68. The predicted molar refractivity (Wildman–Crippen MR) is 64.4 cm³/mol. The van der Waals surface area contributed by atoms with Crippen molar-refractivity contribution in [3.63, 3.8) is 0 Å². The van der Waals surface area contributed by atoms with Gasteiger partial charge in [-0.2, -0.15) is 14.3 Å². The summed E-state index contributed by atoms with van der Waals surface area (Å²) in [5.41, 5.74) is -1.13. The first-order valence-electron chi connectivity index (χ1n) is 5.53. The highest BCUT2D eigenvalue weighted by Crippen LogP contribution is 2.65. The van der Waals surface area contributed by atoms with Gasteiger partial charge in [0, 0.05) is 0 Å². The van der Waals surface area contributed by atoms with E-state index in [1.54, 1.807) is 0 Å². The number of halogens is 1. The minimum atomic E-state index is -3.73. The fraction of sp³-hybridized carbons (Fsp3) is 0.900. The molecule has 17 heavy (non-hydrogen) atoms. The number of rotatable bonds is 3. The first-order valence-corrected chi connectivity index (χ1v) is 8.02. The second kappa shape index (κ2) is 3.76. The molecule has 0 aromatic rings. The Morgan fingerprint density at radius 1 is 1.53 bits per heavy atom. The fourth-order valence-corrected chi connectivity index (χ4v) is 6.22. The fourth-order valence-electron chi connectivity index (χ4n) is 3.51. The summed E-state index contributed by atoms with van der Waals surface area (Å²) >= 11 is 3.40. The van der Waals surface area contributed by atoms with Crippen molar-refractivity contribution in [2.45, 2.75) is 31.5 Å². The number of alkyl halides is 1. The third-order valence-electron chi connectivity index (χ3n) is 4.72. The van der Waals surface area contributed by atoms with E-state index < -0.39 is 15.5 Å². The van der Waals surface area contributed by atoms with Crippen LogP contribution in [0.3, 0.4) is 0 Å². The Bertz CT molecular complexity index is 461. The summed E-state index contributed by atoms with van der Waals surface area (Å²) in [6, 6.07) is 0. The Labute approximate surface area is 109 Å². The largest absolute Gasteiger partial charge is 0.314 e. The lowest BCUT2D eigenvalue weighted by atomic mass is 9.70. The SMILES string of the molecule is CC1(C)C2CCC1(CS(=O)(=O)O[NH3+])C(=O)C2Br. The van der Waals surface area contributed by atoms with Crippen molar-refractivity contribution in [1.82, 2.24) is 0 Å². The molecule has 0 aromatic heterocycles. The molecule has 2 saturated carbocycles. The molecule has 7 heteroatoms. The zero-order valence-corrected chi connectivity index (χ0v) is 12.3. The summed E-state index contributed by atoms with van der Waals surface area (Å²) in [5, 5.41) is 0. The molecule has 2 fully saturated rings. The van der Waals surface area contributed by atoms with Crippen molar-refractivity contribution in [3.8, 4) is 0 Å². The minimum Gasteiger partial charge on any atom is -0.298 e. The van der Waals surface area contributed by atoms with E-state index in [0.717, 1.165) is 6.42 Å². The molecular formula is C10H17BrNO4S+. The van der Waals surface area contributed by atoms with Gasteiger partial charge in [-0.25, -0.2) is 0 Å². The van der Waals surface area contributed by atoms with E-state index in [1.807, 2.05) is 13.8 Å². The average Bonchev–Trinajstić information content (AvgIpc) is 2.54. The molecular weight excluding hydrogens is 310 g/mol. The lowest BCUT2D eigenvalue weighted by molar-refractivity contribution is -0.635. The average molecular weight is 327 g/mol. The zero-order valence-electron chi connectivity index (χ0n) is 9.90. The number of hydrogen-bond donors (Lipinski definition) is 1. The molecule has 5 nitrogen and oxygen atoms in total. The van der Waals surface area contributed by atoms with Crippen molar-refractivity contribution in [1.29, 1.82) is 0 Å². The van der Waals surface area contributed by atoms with Gasteiger partial charge in [0.25, 0.3) is 0 Å². The van der Waals surface area contributed by atoms with Gasteiger partial charge in [-0.05, 0) is 24.2 Å². The van der Waals surface area contributed by atoms with E-state index in [2.05, 4.69) is 26.1 Å². The molecule has 0 radical (unpaired) electrons. The molecule has 2 bridgehead atoms. The Morgan fingerprint density at radius 2 is 2.12 bits per heavy atom. The normalized spacial score (nSPS) is 39.9. The Morgan fingerprint density at radius 3 is 2.53 bits per heavy atom. The van der Waals surface area contributed by atoms with Crippen LogP contribution in [-0.2, 0) is 19.2 Å². The van der Waals surface area contributed by atoms with Gasteiger partial charge in [-0.3, -0.25) is 4.79 Å². The van der Waals surface area contributed by atoms with Gasteiger partial charge < -0.3 is 0 Å². The summed E-state index contributed by atoms with van der Waals surface area (Å²) in [6.07, 6.45) is 1.50. The molecule has 3 unspecified atom stereocenters. The Balaban J connectivity index is 2.45. The number of Topliss-reactive ketones (excluding diaryl/α,β-unsaturated/α-hetero) is 1. The van der Waals surface area contributed by atoms with Crippen LogP contribution < -0.4 is 5.90 Å². The van der Waals surface area contributed by atoms with Gasteiger partial charge in [-0.15, -0.1) is 0 Å². The van der Waals surface area contributed by atoms with Gasteiger partial charge in [0.2, 0.25) is 0 Å². The van der Waals surface area contributed by atoms with Crippen LogP contribution in [0.25, 0.3) is 0 Å². The molecule has 0 heterocycles. The molecule has 0 saturated heterocycles. The summed E-state index contributed by atoms with van der Waals surface area (Å²) in [7, 11) is -3.73. The molecule has 2 aliphatic rings. The minimum absolute atomic E-state index is 0.000579. The summed E-state index contributed by atoms with van der Waals surface area (Å²) in [4.78, 5) is 12.1. The van der Waals surface area contributed by atoms with Crippen molar-refractivity contribution in [2.24, 2.45) is 16.7 Å². The van der Waals surface area contributed by atoms with Crippen LogP contribution in [0.15, 0.2) is 0 Å². The number of fused-ring (bicyclic) bond motifs is 2. The molecule has 3 N–H and O–H groups in total. The number of carbonyl (C=O) groups excluding carboxylic acids is 1. The highest BCUT2D eigenvalue weighted by molar-refractivity contribution is 9.10. The van der Waals surface area contributed by atoms with Crippen LogP contribution in [0, 0.1) is 16.7 Å². The second-order valence-electron chi connectivity index (χ2n) is 5.53. The third-order valence-corrected chi connectivity index (χ3v) is 6.98. The monoisotopic (exact) mass is 326 g/mol. The molecule has 98 valence electrons. The third kappa shape index (κ3) is 1.63. The van der Waals surface area contributed by atoms with Crippen molar-refractivity contribution in [3.05, 3.63) is 0 Å². The summed E-state index contributed by atoms with van der Waals surface area (Å²) in [6.45, 7) is 3.95. The van der Waals surface area contributed by atoms with Crippen LogP contribution in [0.4, 0.5) is 0 Å². The first kappa shape index (κ1) is 13.5.